The highest BCUT2D eigenvalue weighted by molar-refractivity contribution is 5.85. The van der Waals surface area contributed by atoms with Gasteiger partial charge in [0.1, 0.15) is 5.75 Å². The average molecular weight is 353 g/mol. The molecule has 1 unspecified atom stereocenters. The van der Waals surface area contributed by atoms with E-state index in [1.807, 2.05) is 0 Å². The van der Waals surface area contributed by atoms with E-state index < -0.39 is 11.7 Å². The van der Waals surface area contributed by atoms with Crippen LogP contribution in [0.1, 0.15) is 18.4 Å². The molecule has 0 aromatic heterocycles. The summed E-state index contributed by atoms with van der Waals surface area (Å²) in [5.41, 5.74) is -0.741. The van der Waals surface area contributed by atoms with Crippen LogP contribution in [-0.2, 0) is 11.0 Å². The van der Waals surface area contributed by atoms with Gasteiger partial charge in [-0.2, -0.15) is 13.2 Å². The van der Waals surface area contributed by atoms with Crippen molar-refractivity contribution in [2.24, 2.45) is 5.92 Å². The van der Waals surface area contributed by atoms with Crippen LogP contribution in [0.25, 0.3) is 0 Å². The lowest BCUT2D eigenvalue weighted by Crippen LogP contribution is -2.30. The molecule has 1 aliphatic rings. The van der Waals surface area contributed by atoms with Crippen molar-refractivity contribution in [2.75, 3.05) is 26.2 Å². The normalized spacial score (nSPS) is 17.4. The molecule has 2 N–H and O–H groups in total. The maximum atomic E-state index is 12.4. The van der Waals surface area contributed by atoms with Crippen LogP contribution in [0.2, 0.25) is 0 Å². The van der Waals surface area contributed by atoms with E-state index >= 15 is 0 Å². The minimum absolute atomic E-state index is 0. The van der Waals surface area contributed by atoms with Gasteiger partial charge in [-0.1, -0.05) is 0 Å². The van der Waals surface area contributed by atoms with Gasteiger partial charge in [0.2, 0.25) is 0 Å². The smallest absolute Gasteiger partial charge is 0.416 e. The molecule has 1 saturated heterocycles. The molecule has 0 spiro atoms. The lowest BCUT2D eigenvalue weighted by Gasteiger charge is -2.11. The van der Waals surface area contributed by atoms with Crippen LogP contribution in [0.5, 0.6) is 5.75 Å². The molecule has 1 atom stereocenters. The molecule has 1 heterocycles. The Hall–Kier alpha value is -1.47. The van der Waals surface area contributed by atoms with E-state index in [9.17, 15) is 18.0 Å². The van der Waals surface area contributed by atoms with Gasteiger partial charge in [0.05, 0.1) is 5.56 Å². The number of hydrogen-bond donors (Lipinski definition) is 2. The van der Waals surface area contributed by atoms with Crippen LogP contribution >= 0.6 is 12.4 Å². The summed E-state index contributed by atoms with van der Waals surface area (Å²) in [4.78, 5) is 11.6. The highest BCUT2D eigenvalue weighted by Gasteiger charge is 2.30. The van der Waals surface area contributed by atoms with Crippen molar-refractivity contribution in [3.8, 4) is 5.75 Å². The Labute approximate surface area is 139 Å². The predicted octanol–water partition coefficient (Wildman–Crippen LogP) is 2.62. The van der Waals surface area contributed by atoms with E-state index in [1.54, 1.807) is 0 Å². The summed E-state index contributed by atoms with van der Waals surface area (Å²) < 4.78 is 42.3. The van der Waals surface area contributed by atoms with Crippen molar-refractivity contribution < 1.29 is 22.7 Å². The van der Waals surface area contributed by atoms with E-state index in [0.29, 0.717) is 12.5 Å². The van der Waals surface area contributed by atoms with E-state index in [1.165, 1.54) is 12.1 Å². The molecule has 0 bridgehead atoms. The maximum absolute atomic E-state index is 12.4. The van der Waals surface area contributed by atoms with Crippen LogP contribution in [0.3, 0.4) is 0 Å². The van der Waals surface area contributed by atoms with Crippen molar-refractivity contribution in [3.05, 3.63) is 29.8 Å². The predicted molar refractivity (Wildman–Crippen MR) is 82.8 cm³/mol. The van der Waals surface area contributed by atoms with E-state index in [4.69, 9.17) is 4.74 Å². The topological polar surface area (TPSA) is 50.4 Å². The van der Waals surface area contributed by atoms with Crippen LogP contribution in [0, 0.1) is 5.92 Å². The zero-order valence-corrected chi connectivity index (χ0v) is 13.3. The Balaban J connectivity index is 0.00000264. The number of benzene rings is 1. The summed E-state index contributed by atoms with van der Waals surface area (Å²) in [7, 11) is 0. The lowest BCUT2D eigenvalue weighted by molar-refractivity contribution is -0.137. The molecule has 1 aromatic carbocycles. The fraction of sp³-hybridized carbons (Fsp3) is 0.533. The Kier molecular flexibility index (Phi) is 7.64. The molecule has 1 amide bonds. The van der Waals surface area contributed by atoms with Crippen molar-refractivity contribution >= 4 is 18.3 Å². The molecule has 0 radical (unpaired) electrons. The van der Waals surface area contributed by atoms with Crippen LogP contribution in [-0.4, -0.2) is 32.1 Å². The lowest BCUT2D eigenvalue weighted by atomic mass is 10.1. The minimum atomic E-state index is -4.37. The number of carbonyl (C=O) groups excluding carboxylic acids is 1. The zero-order valence-electron chi connectivity index (χ0n) is 12.5. The number of amides is 1. The fourth-order valence-corrected chi connectivity index (χ4v) is 2.32. The Morgan fingerprint density at radius 1 is 1.30 bits per heavy atom. The first kappa shape index (κ1) is 19.6. The Morgan fingerprint density at radius 2 is 2.00 bits per heavy atom. The molecule has 8 heteroatoms. The third-order valence-corrected chi connectivity index (χ3v) is 3.59. The van der Waals surface area contributed by atoms with Gasteiger partial charge in [-0.25, -0.2) is 0 Å². The molecule has 130 valence electrons. The summed E-state index contributed by atoms with van der Waals surface area (Å²) in [5.74, 6) is 0.560. The first-order chi connectivity index (χ1) is 10.4. The zero-order chi connectivity index (χ0) is 16.0. The number of alkyl halides is 3. The molecule has 0 aliphatic carbocycles. The van der Waals surface area contributed by atoms with Crippen LogP contribution < -0.4 is 15.4 Å². The number of carbonyl (C=O) groups is 1. The first-order valence-corrected chi connectivity index (χ1v) is 7.22. The van der Waals surface area contributed by atoms with Gasteiger partial charge in [0.15, 0.2) is 6.61 Å². The van der Waals surface area contributed by atoms with Gasteiger partial charge in [-0.05, 0) is 56.1 Å². The fourth-order valence-electron chi connectivity index (χ4n) is 2.32. The molecule has 1 aliphatic heterocycles. The second kappa shape index (κ2) is 8.98. The summed E-state index contributed by atoms with van der Waals surface area (Å²) in [6.45, 7) is 2.39. The summed E-state index contributed by atoms with van der Waals surface area (Å²) >= 11 is 0. The molecule has 2 rings (SSSR count). The molecule has 23 heavy (non-hydrogen) atoms. The highest BCUT2D eigenvalue weighted by Crippen LogP contribution is 2.30. The Morgan fingerprint density at radius 3 is 2.57 bits per heavy atom. The number of rotatable bonds is 6. The van der Waals surface area contributed by atoms with Crippen molar-refractivity contribution in [1.29, 1.82) is 0 Å². The van der Waals surface area contributed by atoms with E-state index in [-0.39, 0.29) is 30.7 Å². The summed E-state index contributed by atoms with van der Waals surface area (Å²) in [6, 6.07) is 4.28. The maximum Gasteiger partial charge on any atom is 0.416 e. The van der Waals surface area contributed by atoms with Crippen LogP contribution in [0.15, 0.2) is 24.3 Å². The second-order valence-electron chi connectivity index (χ2n) is 5.31. The third kappa shape index (κ3) is 6.66. The van der Waals surface area contributed by atoms with Gasteiger partial charge >= 0.3 is 6.18 Å². The van der Waals surface area contributed by atoms with Gasteiger partial charge in [-0.3, -0.25) is 4.79 Å². The molecule has 4 nitrogen and oxygen atoms in total. The number of nitrogens with one attached hydrogen (secondary N) is 2. The second-order valence-corrected chi connectivity index (χ2v) is 5.31. The first-order valence-electron chi connectivity index (χ1n) is 7.22. The highest BCUT2D eigenvalue weighted by atomic mass is 35.5. The minimum Gasteiger partial charge on any atom is -0.484 e. The van der Waals surface area contributed by atoms with Gasteiger partial charge in [-0.15, -0.1) is 12.4 Å². The van der Waals surface area contributed by atoms with Crippen LogP contribution in [0.4, 0.5) is 13.2 Å². The van der Waals surface area contributed by atoms with Crippen molar-refractivity contribution in [2.45, 2.75) is 19.0 Å². The summed E-state index contributed by atoms with van der Waals surface area (Å²) in [5, 5.41) is 6.00. The SMILES string of the molecule is Cl.O=C(COc1ccc(C(F)(F)F)cc1)NCCC1CCNC1. The molecule has 1 aromatic rings. The number of ether oxygens (including phenoxy) is 1. The summed E-state index contributed by atoms with van der Waals surface area (Å²) in [6.07, 6.45) is -2.33. The van der Waals surface area contributed by atoms with E-state index in [0.717, 1.165) is 38.1 Å². The standard InChI is InChI=1S/C15H19F3N2O2.ClH/c16-15(17,18)12-1-3-13(4-2-12)22-10-14(21)20-8-6-11-5-7-19-9-11;/h1-4,11,19H,5-10H2,(H,20,21);1H. The third-order valence-electron chi connectivity index (χ3n) is 3.59. The number of halogens is 4. The quantitative estimate of drug-likeness (QED) is 0.827. The molecule has 0 saturated carbocycles. The monoisotopic (exact) mass is 352 g/mol. The largest absolute Gasteiger partial charge is 0.484 e. The van der Waals surface area contributed by atoms with Crippen molar-refractivity contribution in [1.82, 2.24) is 10.6 Å². The Bertz CT molecular complexity index is 488. The molecule has 1 fully saturated rings. The average Bonchev–Trinajstić information content (AvgIpc) is 2.98. The van der Waals surface area contributed by atoms with Gasteiger partial charge in [0.25, 0.3) is 5.91 Å². The van der Waals surface area contributed by atoms with Gasteiger partial charge in [0, 0.05) is 6.54 Å². The van der Waals surface area contributed by atoms with E-state index in [2.05, 4.69) is 10.6 Å². The molecular formula is C15H20ClF3N2O2. The van der Waals surface area contributed by atoms with Crippen molar-refractivity contribution in [3.63, 3.8) is 0 Å². The van der Waals surface area contributed by atoms with Gasteiger partial charge < -0.3 is 15.4 Å². The molecular weight excluding hydrogens is 333 g/mol. The number of hydrogen-bond acceptors (Lipinski definition) is 3.